The van der Waals surface area contributed by atoms with Crippen LogP contribution >= 0.6 is 0 Å². The fourth-order valence-corrected chi connectivity index (χ4v) is 3.72. The zero-order valence-electron chi connectivity index (χ0n) is 14.9. The van der Waals surface area contributed by atoms with E-state index in [9.17, 15) is 0 Å². The maximum atomic E-state index is 6.50. The summed E-state index contributed by atoms with van der Waals surface area (Å²) in [5.41, 5.74) is 3.40. The number of fused-ring (bicyclic) bond motifs is 1. The van der Waals surface area contributed by atoms with Crippen molar-refractivity contribution in [2.24, 2.45) is 0 Å². The van der Waals surface area contributed by atoms with Crippen molar-refractivity contribution in [3.8, 4) is 11.5 Å². The summed E-state index contributed by atoms with van der Waals surface area (Å²) in [6, 6.07) is 16.5. The summed E-state index contributed by atoms with van der Waals surface area (Å²) in [6.45, 7) is 2.74. The molecule has 1 aromatic heterocycles. The van der Waals surface area contributed by atoms with E-state index in [0.29, 0.717) is 0 Å². The van der Waals surface area contributed by atoms with Crippen molar-refractivity contribution in [2.45, 2.75) is 18.8 Å². The molecule has 0 radical (unpaired) electrons. The van der Waals surface area contributed by atoms with Gasteiger partial charge in [-0.1, -0.05) is 36.4 Å². The van der Waals surface area contributed by atoms with Gasteiger partial charge in [-0.05, 0) is 23.3 Å². The fraction of sp³-hybridized carbons (Fsp3) is 0.286. The van der Waals surface area contributed by atoms with Crippen LogP contribution in [0.2, 0.25) is 0 Å². The Bertz CT molecular complexity index is 898. The Kier molecular flexibility index (Phi) is 4.27. The molecule has 6 nitrogen and oxygen atoms in total. The lowest BCUT2D eigenvalue weighted by Gasteiger charge is -2.38. The smallest absolute Gasteiger partial charge is 0.231 e. The van der Waals surface area contributed by atoms with Crippen molar-refractivity contribution in [1.82, 2.24) is 14.9 Å². The van der Waals surface area contributed by atoms with Gasteiger partial charge in [0.1, 0.15) is 0 Å². The van der Waals surface area contributed by atoms with Crippen LogP contribution in [0, 0.1) is 0 Å². The number of hydrogen-bond donors (Lipinski definition) is 1. The summed E-state index contributed by atoms with van der Waals surface area (Å²) >= 11 is 0. The van der Waals surface area contributed by atoms with Crippen LogP contribution in [-0.2, 0) is 11.3 Å². The van der Waals surface area contributed by atoms with Crippen molar-refractivity contribution >= 4 is 0 Å². The third-order valence-electron chi connectivity index (χ3n) is 5.07. The van der Waals surface area contributed by atoms with Crippen molar-refractivity contribution < 1.29 is 14.2 Å². The van der Waals surface area contributed by atoms with Gasteiger partial charge in [-0.15, -0.1) is 0 Å². The summed E-state index contributed by atoms with van der Waals surface area (Å²) in [7, 11) is 0. The van der Waals surface area contributed by atoms with E-state index in [0.717, 1.165) is 42.4 Å². The molecule has 3 aromatic rings. The van der Waals surface area contributed by atoms with Gasteiger partial charge in [0.15, 0.2) is 11.5 Å². The molecule has 3 heterocycles. The standard InChI is InChI=1S/C21H21N3O3/c1-2-4-15(5-3-1)20-11-24(10-17-9-22-13-23-17)12-21(27-20)16-6-7-18-19(8-16)26-14-25-18/h1-9,13,20-21H,10-12,14H2,(H,22,23)/t20-,21+/m0/s1. The molecule has 138 valence electrons. The lowest BCUT2D eigenvalue weighted by atomic mass is 10.0. The number of nitrogens with zero attached hydrogens (tertiary/aromatic N) is 2. The average Bonchev–Trinajstić information content (AvgIpc) is 3.39. The first kappa shape index (κ1) is 16.4. The Balaban J connectivity index is 1.42. The Morgan fingerprint density at radius 3 is 2.59 bits per heavy atom. The normalized spacial score (nSPS) is 22.1. The van der Waals surface area contributed by atoms with Crippen LogP contribution in [0.1, 0.15) is 29.0 Å². The number of imidazole rings is 1. The quantitative estimate of drug-likeness (QED) is 0.769. The lowest BCUT2D eigenvalue weighted by molar-refractivity contribution is -0.0925. The first-order chi connectivity index (χ1) is 13.3. The summed E-state index contributed by atoms with van der Waals surface area (Å²) in [4.78, 5) is 9.74. The van der Waals surface area contributed by atoms with Gasteiger partial charge >= 0.3 is 0 Å². The topological polar surface area (TPSA) is 59.6 Å². The predicted molar refractivity (Wildman–Crippen MR) is 99.4 cm³/mol. The average molecular weight is 363 g/mol. The van der Waals surface area contributed by atoms with Gasteiger partial charge in [0.25, 0.3) is 0 Å². The summed E-state index contributed by atoms with van der Waals surface area (Å²) in [5.74, 6) is 1.58. The highest BCUT2D eigenvalue weighted by molar-refractivity contribution is 5.45. The number of nitrogens with one attached hydrogen (secondary N) is 1. The van der Waals surface area contributed by atoms with Gasteiger partial charge in [0.2, 0.25) is 6.79 Å². The molecule has 27 heavy (non-hydrogen) atoms. The molecule has 1 fully saturated rings. The van der Waals surface area contributed by atoms with E-state index < -0.39 is 0 Å². The van der Waals surface area contributed by atoms with Gasteiger partial charge in [0.05, 0.1) is 18.5 Å². The maximum Gasteiger partial charge on any atom is 0.231 e. The second-order valence-electron chi connectivity index (χ2n) is 6.91. The number of aromatic amines is 1. The molecule has 0 saturated carbocycles. The number of rotatable bonds is 4. The van der Waals surface area contributed by atoms with Gasteiger partial charge in [0, 0.05) is 31.5 Å². The second-order valence-corrected chi connectivity index (χ2v) is 6.91. The third kappa shape index (κ3) is 3.41. The Hall–Kier alpha value is -2.83. The zero-order valence-corrected chi connectivity index (χ0v) is 14.9. The molecule has 2 aromatic carbocycles. The maximum absolute atomic E-state index is 6.50. The molecule has 0 amide bonds. The minimum Gasteiger partial charge on any atom is -0.454 e. The number of benzene rings is 2. The van der Waals surface area contributed by atoms with Crippen molar-refractivity contribution in [1.29, 1.82) is 0 Å². The van der Waals surface area contributed by atoms with Crippen LogP contribution in [0.4, 0.5) is 0 Å². The molecule has 5 rings (SSSR count). The van der Waals surface area contributed by atoms with E-state index in [1.54, 1.807) is 6.33 Å². The van der Waals surface area contributed by atoms with Crippen LogP contribution in [0.3, 0.4) is 0 Å². The van der Waals surface area contributed by atoms with E-state index in [4.69, 9.17) is 14.2 Å². The van der Waals surface area contributed by atoms with Crippen LogP contribution in [0.15, 0.2) is 61.1 Å². The first-order valence-corrected chi connectivity index (χ1v) is 9.15. The van der Waals surface area contributed by atoms with Gasteiger partial charge in [-0.3, -0.25) is 4.90 Å². The molecule has 1 N–H and O–H groups in total. The molecule has 0 spiro atoms. The largest absolute Gasteiger partial charge is 0.454 e. The number of hydrogen-bond acceptors (Lipinski definition) is 5. The van der Waals surface area contributed by atoms with Crippen molar-refractivity contribution in [3.05, 3.63) is 77.9 Å². The van der Waals surface area contributed by atoms with Crippen molar-refractivity contribution in [2.75, 3.05) is 19.9 Å². The number of aromatic nitrogens is 2. The van der Waals surface area contributed by atoms with Gasteiger partial charge < -0.3 is 19.2 Å². The molecular weight excluding hydrogens is 342 g/mol. The fourth-order valence-electron chi connectivity index (χ4n) is 3.72. The summed E-state index contributed by atoms with van der Waals surface area (Å²) < 4.78 is 17.5. The van der Waals surface area contributed by atoms with Crippen LogP contribution in [-0.4, -0.2) is 34.8 Å². The Morgan fingerprint density at radius 2 is 1.78 bits per heavy atom. The van der Waals surface area contributed by atoms with Crippen molar-refractivity contribution in [3.63, 3.8) is 0 Å². The predicted octanol–water partition coefficient (Wildman–Crippen LogP) is 3.45. The number of morpholine rings is 1. The summed E-state index contributed by atoms with van der Waals surface area (Å²) in [6.07, 6.45) is 3.57. The molecule has 0 aliphatic carbocycles. The second kappa shape index (κ2) is 7.06. The number of H-pyrrole nitrogens is 1. The van der Waals surface area contributed by atoms with E-state index in [1.807, 2.05) is 24.4 Å². The molecule has 0 unspecified atom stereocenters. The Labute approximate surface area is 157 Å². The van der Waals surface area contributed by atoms with E-state index in [2.05, 4.69) is 45.2 Å². The monoisotopic (exact) mass is 363 g/mol. The summed E-state index contributed by atoms with van der Waals surface area (Å²) in [5, 5.41) is 0. The van der Waals surface area contributed by atoms with E-state index >= 15 is 0 Å². The first-order valence-electron chi connectivity index (χ1n) is 9.15. The minimum absolute atomic E-state index is 0.0123. The highest BCUT2D eigenvalue weighted by Gasteiger charge is 2.31. The lowest BCUT2D eigenvalue weighted by Crippen LogP contribution is -2.39. The van der Waals surface area contributed by atoms with E-state index in [-0.39, 0.29) is 19.0 Å². The minimum atomic E-state index is -0.0404. The molecule has 2 atom stereocenters. The molecule has 2 aliphatic heterocycles. The van der Waals surface area contributed by atoms with Crippen LogP contribution in [0.25, 0.3) is 0 Å². The molecule has 2 aliphatic rings. The zero-order chi connectivity index (χ0) is 18.1. The van der Waals surface area contributed by atoms with E-state index in [1.165, 1.54) is 5.56 Å². The SMILES string of the molecule is c1ccc([C@@H]2CN(Cc3cnc[nH]3)C[C@H](c3ccc4c(c3)OCO4)O2)cc1. The van der Waals surface area contributed by atoms with Gasteiger partial charge in [-0.25, -0.2) is 4.98 Å². The Morgan fingerprint density at radius 1 is 0.963 bits per heavy atom. The number of ether oxygens (including phenoxy) is 3. The third-order valence-corrected chi connectivity index (χ3v) is 5.07. The highest BCUT2D eigenvalue weighted by Crippen LogP contribution is 2.38. The van der Waals surface area contributed by atoms with Gasteiger partial charge in [-0.2, -0.15) is 0 Å². The van der Waals surface area contributed by atoms with Crippen LogP contribution < -0.4 is 9.47 Å². The molecule has 1 saturated heterocycles. The molecule has 6 heteroatoms. The highest BCUT2D eigenvalue weighted by atomic mass is 16.7. The molecule has 0 bridgehead atoms. The molecular formula is C21H21N3O3. The van der Waals surface area contributed by atoms with Crippen LogP contribution in [0.5, 0.6) is 11.5 Å².